The largest absolute Gasteiger partial charge is 0.371 e. The van der Waals surface area contributed by atoms with Crippen molar-refractivity contribution in [2.75, 3.05) is 12.4 Å². The van der Waals surface area contributed by atoms with Crippen LogP contribution < -0.4 is 5.32 Å². The third-order valence-electron chi connectivity index (χ3n) is 1.57. The Kier molecular flexibility index (Phi) is 1.25. The van der Waals surface area contributed by atoms with Crippen LogP contribution in [0.4, 0.5) is 5.82 Å². The highest BCUT2D eigenvalue weighted by Crippen LogP contribution is 2.10. The van der Waals surface area contributed by atoms with Crippen molar-refractivity contribution in [2.24, 2.45) is 0 Å². The van der Waals surface area contributed by atoms with Crippen molar-refractivity contribution in [2.45, 2.75) is 0 Å². The Balaban J connectivity index is 2.79. The normalized spacial score (nSPS) is 10.3. The van der Waals surface area contributed by atoms with E-state index in [0.29, 0.717) is 0 Å². The van der Waals surface area contributed by atoms with Crippen LogP contribution in [-0.2, 0) is 0 Å². The summed E-state index contributed by atoms with van der Waals surface area (Å²) >= 11 is 0. The van der Waals surface area contributed by atoms with Crippen LogP contribution in [0.3, 0.4) is 0 Å². The highest BCUT2D eigenvalue weighted by Gasteiger charge is 1.98. The molecule has 0 saturated heterocycles. The molecule has 0 fully saturated rings. The smallest absolute Gasteiger partial charge is 0.153 e. The lowest BCUT2D eigenvalue weighted by atomic mass is 10.5. The second-order valence-electron chi connectivity index (χ2n) is 2.20. The molecule has 0 aliphatic heterocycles. The number of hydrogen-bond donors (Lipinski definition) is 1. The van der Waals surface area contributed by atoms with Gasteiger partial charge < -0.3 is 5.32 Å². The second-order valence-corrected chi connectivity index (χ2v) is 2.20. The molecule has 0 radical (unpaired) electrons. The third-order valence-corrected chi connectivity index (χ3v) is 1.57. The van der Waals surface area contributed by atoms with Crippen molar-refractivity contribution in [1.82, 2.24) is 14.6 Å². The lowest BCUT2D eigenvalue weighted by Crippen LogP contribution is -1.98. The second kappa shape index (κ2) is 2.23. The van der Waals surface area contributed by atoms with Crippen molar-refractivity contribution >= 4 is 11.3 Å². The zero-order chi connectivity index (χ0) is 7.68. The average molecular weight is 148 g/mol. The van der Waals surface area contributed by atoms with E-state index in [0.717, 1.165) is 11.3 Å². The summed E-state index contributed by atoms with van der Waals surface area (Å²) in [5, 5.41) is 7.00. The molecule has 4 heteroatoms. The van der Waals surface area contributed by atoms with E-state index >= 15 is 0 Å². The molecule has 56 valence electrons. The molecule has 0 spiro atoms. The summed E-state index contributed by atoms with van der Waals surface area (Å²) in [6.07, 6.45) is 3.41. The quantitative estimate of drug-likeness (QED) is 0.649. The Morgan fingerprint density at radius 2 is 2.45 bits per heavy atom. The van der Waals surface area contributed by atoms with Crippen molar-refractivity contribution in [1.29, 1.82) is 0 Å². The van der Waals surface area contributed by atoms with Gasteiger partial charge in [0.2, 0.25) is 0 Å². The molecule has 2 heterocycles. The molecule has 0 aliphatic carbocycles. The van der Waals surface area contributed by atoms with Gasteiger partial charge in [-0.1, -0.05) is 0 Å². The molecule has 0 unspecified atom stereocenters. The van der Waals surface area contributed by atoms with E-state index in [1.165, 1.54) is 6.33 Å². The van der Waals surface area contributed by atoms with Crippen LogP contribution in [0.15, 0.2) is 24.7 Å². The van der Waals surface area contributed by atoms with Gasteiger partial charge in [-0.2, -0.15) is 5.10 Å². The minimum atomic E-state index is 0.852. The summed E-state index contributed by atoms with van der Waals surface area (Å²) in [6.45, 7) is 0. The maximum atomic E-state index is 4.05. The first-order valence-electron chi connectivity index (χ1n) is 3.38. The molecule has 2 rings (SSSR count). The predicted octanol–water partition coefficient (Wildman–Crippen LogP) is 0.771. The SMILES string of the molecule is CNc1ncnn2cccc12. The van der Waals surface area contributed by atoms with Gasteiger partial charge in [0.1, 0.15) is 11.8 Å². The molecule has 2 aromatic rings. The number of nitrogens with zero attached hydrogens (tertiary/aromatic N) is 3. The Labute approximate surface area is 63.9 Å². The fraction of sp³-hybridized carbons (Fsp3) is 0.143. The van der Waals surface area contributed by atoms with Crippen LogP contribution >= 0.6 is 0 Å². The molecule has 2 aromatic heterocycles. The molecule has 1 N–H and O–H groups in total. The monoisotopic (exact) mass is 148 g/mol. The molecule has 4 nitrogen and oxygen atoms in total. The lowest BCUT2D eigenvalue weighted by molar-refractivity contribution is 0.905. The standard InChI is InChI=1S/C7H8N4/c1-8-7-6-3-2-4-11(6)10-5-9-7/h2-5H,1H3,(H,8,9,10). The van der Waals surface area contributed by atoms with Gasteiger partial charge in [0.15, 0.2) is 5.82 Å². The number of nitrogens with one attached hydrogen (secondary N) is 1. The zero-order valence-corrected chi connectivity index (χ0v) is 6.15. The van der Waals surface area contributed by atoms with Crippen molar-refractivity contribution in [3.05, 3.63) is 24.7 Å². The fourth-order valence-corrected chi connectivity index (χ4v) is 1.06. The van der Waals surface area contributed by atoms with E-state index in [-0.39, 0.29) is 0 Å². The van der Waals surface area contributed by atoms with E-state index in [1.54, 1.807) is 4.52 Å². The van der Waals surface area contributed by atoms with Gasteiger partial charge in [-0.25, -0.2) is 9.50 Å². The van der Waals surface area contributed by atoms with Crippen molar-refractivity contribution < 1.29 is 0 Å². The summed E-state index contributed by atoms with van der Waals surface area (Å²) in [5.41, 5.74) is 0.995. The Hall–Kier alpha value is -1.58. The molecule has 0 atom stereocenters. The Morgan fingerprint density at radius 1 is 1.55 bits per heavy atom. The number of rotatable bonds is 1. The van der Waals surface area contributed by atoms with Gasteiger partial charge in [0.05, 0.1) is 0 Å². The summed E-state index contributed by atoms with van der Waals surface area (Å²) in [5.74, 6) is 0.852. The van der Waals surface area contributed by atoms with E-state index in [2.05, 4.69) is 15.4 Å². The maximum Gasteiger partial charge on any atom is 0.153 e. The van der Waals surface area contributed by atoms with E-state index in [1.807, 2.05) is 25.4 Å². The molecular weight excluding hydrogens is 140 g/mol. The molecule has 11 heavy (non-hydrogen) atoms. The molecular formula is C7H8N4. The summed E-state index contributed by atoms with van der Waals surface area (Å²) in [6, 6.07) is 3.90. The van der Waals surface area contributed by atoms with E-state index in [9.17, 15) is 0 Å². The third kappa shape index (κ3) is 0.832. The summed E-state index contributed by atoms with van der Waals surface area (Å²) in [7, 11) is 1.84. The number of hydrogen-bond acceptors (Lipinski definition) is 3. The zero-order valence-electron chi connectivity index (χ0n) is 6.15. The van der Waals surface area contributed by atoms with Crippen LogP contribution in [0, 0.1) is 0 Å². The minimum absolute atomic E-state index is 0.852. The fourth-order valence-electron chi connectivity index (χ4n) is 1.06. The average Bonchev–Trinajstić information content (AvgIpc) is 2.50. The van der Waals surface area contributed by atoms with Gasteiger partial charge in [-0.15, -0.1) is 0 Å². The molecule has 0 amide bonds. The van der Waals surface area contributed by atoms with Gasteiger partial charge in [-0.05, 0) is 12.1 Å². The topological polar surface area (TPSA) is 42.2 Å². The van der Waals surface area contributed by atoms with Crippen LogP contribution in [-0.4, -0.2) is 21.6 Å². The number of anilines is 1. The minimum Gasteiger partial charge on any atom is -0.371 e. The molecule has 0 saturated carbocycles. The van der Waals surface area contributed by atoms with Gasteiger partial charge in [-0.3, -0.25) is 0 Å². The van der Waals surface area contributed by atoms with Crippen LogP contribution in [0.1, 0.15) is 0 Å². The van der Waals surface area contributed by atoms with Gasteiger partial charge >= 0.3 is 0 Å². The lowest BCUT2D eigenvalue weighted by Gasteiger charge is -1.99. The maximum absolute atomic E-state index is 4.05. The molecule has 0 bridgehead atoms. The summed E-state index contributed by atoms with van der Waals surface area (Å²) in [4.78, 5) is 4.05. The molecule has 0 aliphatic rings. The van der Waals surface area contributed by atoms with E-state index < -0.39 is 0 Å². The van der Waals surface area contributed by atoms with Crippen LogP contribution in [0.5, 0.6) is 0 Å². The first kappa shape index (κ1) is 6.15. The molecule has 0 aromatic carbocycles. The Morgan fingerprint density at radius 3 is 3.27 bits per heavy atom. The van der Waals surface area contributed by atoms with E-state index in [4.69, 9.17) is 0 Å². The van der Waals surface area contributed by atoms with Crippen LogP contribution in [0.25, 0.3) is 5.52 Å². The summed E-state index contributed by atoms with van der Waals surface area (Å²) < 4.78 is 1.78. The predicted molar refractivity (Wildman–Crippen MR) is 42.5 cm³/mol. The highest BCUT2D eigenvalue weighted by atomic mass is 15.2. The van der Waals surface area contributed by atoms with Gasteiger partial charge in [0, 0.05) is 13.2 Å². The highest BCUT2D eigenvalue weighted by molar-refractivity contribution is 5.66. The Bertz CT molecular complexity index is 365. The number of fused-ring (bicyclic) bond motifs is 1. The first-order chi connectivity index (χ1) is 5.42. The number of aromatic nitrogens is 3. The first-order valence-corrected chi connectivity index (χ1v) is 3.38. The van der Waals surface area contributed by atoms with Crippen LogP contribution in [0.2, 0.25) is 0 Å². The van der Waals surface area contributed by atoms with Crippen molar-refractivity contribution in [3.63, 3.8) is 0 Å². The van der Waals surface area contributed by atoms with Gasteiger partial charge in [0.25, 0.3) is 0 Å². The van der Waals surface area contributed by atoms with Crippen molar-refractivity contribution in [3.8, 4) is 0 Å².